The van der Waals surface area contributed by atoms with Gasteiger partial charge in [0, 0.05) is 18.3 Å². The van der Waals surface area contributed by atoms with E-state index in [9.17, 15) is 9.90 Å². The van der Waals surface area contributed by atoms with Crippen LogP contribution >= 0.6 is 0 Å². The summed E-state index contributed by atoms with van der Waals surface area (Å²) in [5.41, 5.74) is -0.00685. The van der Waals surface area contributed by atoms with E-state index < -0.39 is 11.5 Å². The molecule has 4 nitrogen and oxygen atoms in total. The number of benzene rings is 1. The van der Waals surface area contributed by atoms with Crippen molar-refractivity contribution in [3.05, 3.63) is 30.3 Å². The van der Waals surface area contributed by atoms with Crippen molar-refractivity contribution in [2.45, 2.75) is 24.9 Å². The average Bonchev–Trinajstić information content (AvgIpc) is 2.57. The lowest BCUT2D eigenvalue weighted by molar-refractivity contribution is -0.141. The Morgan fingerprint density at radius 3 is 2.59 bits per heavy atom. The van der Waals surface area contributed by atoms with E-state index in [1.165, 1.54) is 0 Å². The summed E-state index contributed by atoms with van der Waals surface area (Å²) < 4.78 is 0. The molecule has 2 atom stereocenters. The predicted molar refractivity (Wildman–Crippen MR) is 67.1 cm³/mol. The van der Waals surface area contributed by atoms with Gasteiger partial charge in [-0.3, -0.25) is 0 Å². The van der Waals surface area contributed by atoms with Gasteiger partial charge in [0.1, 0.15) is 5.54 Å². The van der Waals surface area contributed by atoms with E-state index in [0.717, 1.165) is 5.69 Å². The zero-order valence-electron chi connectivity index (χ0n) is 10.2. The Hall–Kier alpha value is -1.55. The number of rotatable bonds is 3. The zero-order chi connectivity index (χ0) is 12.5. The van der Waals surface area contributed by atoms with Gasteiger partial charge in [-0.1, -0.05) is 18.2 Å². The summed E-state index contributed by atoms with van der Waals surface area (Å²) in [7, 11) is 1.96. The van der Waals surface area contributed by atoms with Crippen LogP contribution in [0.25, 0.3) is 0 Å². The average molecular weight is 234 g/mol. The molecule has 1 heterocycles. The molecule has 1 aromatic carbocycles. The largest absolute Gasteiger partial charge is 0.479 e. The van der Waals surface area contributed by atoms with E-state index in [2.05, 4.69) is 17.1 Å². The Morgan fingerprint density at radius 1 is 1.47 bits per heavy atom. The van der Waals surface area contributed by atoms with Crippen LogP contribution in [-0.4, -0.2) is 41.1 Å². The first-order valence-corrected chi connectivity index (χ1v) is 5.80. The zero-order valence-corrected chi connectivity index (χ0v) is 10.2. The lowest BCUT2D eigenvalue weighted by atomic mass is 9.96. The molecule has 0 aliphatic carbocycles. The van der Waals surface area contributed by atoms with Crippen molar-refractivity contribution in [3.63, 3.8) is 0 Å². The minimum atomic E-state index is -0.866. The number of aliphatic carboxylic acids is 1. The number of para-hydroxylation sites is 1. The molecule has 1 aliphatic heterocycles. The third kappa shape index (κ3) is 2.26. The van der Waals surface area contributed by atoms with Crippen LogP contribution in [0.2, 0.25) is 0 Å². The molecule has 0 bridgehead atoms. The molecule has 0 radical (unpaired) electrons. The number of hydrogen-bond acceptors (Lipinski definition) is 3. The Labute approximate surface area is 101 Å². The summed E-state index contributed by atoms with van der Waals surface area (Å²) in [6.07, 6.45) is 0.619. The van der Waals surface area contributed by atoms with Crippen LogP contribution in [0, 0.1) is 0 Å². The quantitative estimate of drug-likeness (QED) is 0.835. The highest BCUT2D eigenvalue weighted by Gasteiger charge is 2.47. The van der Waals surface area contributed by atoms with Crippen LogP contribution in [0.5, 0.6) is 0 Å². The van der Waals surface area contributed by atoms with Crippen molar-refractivity contribution in [2.24, 2.45) is 0 Å². The number of carboxylic acid groups (broad SMARTS) is 1. The van der Waals surface area contributed by atoms with Gasteiger partial charge < -0.3 is 15.3 Å². The molecule has 2 N–H and O–H groups in total. The highest BCUT2D eigenvalue weighted by atomic mass is 16.4. The number of anilines is 1. The Kier molecular flexibility index (Phi) is 3.07. The van der Waals surface area contributed by atoms with Gasteiger partial charge in [0.15, 0.2) is 0 Å². The summed E-state index contributed by atoms with van der Waals surface area (Å²) in [5, 5.41) is 12.6. The second kappa shape index (κ2) is 4.37. The second-order valence-electron chi connectivity index (χ2n) is 4.85. The van der Waals surface area contributed by atoms with Crippen molar-refractivity contribution in [3.8, 4) is 0 Å². The van der Waals surface area contributed by atoms with Gasteiger partial charge >= 0.3 is 5.97 Å². The number of carboxylic acids is 1. The van der Waals surface area contributed by atoms with E-state index in [-0.39, 0.29) is 6.04 Å². The molecular formula is C13H18N2O2. The van der Waals surface area contributed by atoms with Crippen molar-refractivity contribution >= 4 is 11.7 Å². The van der Waals surface area contributed by atoms with E-state index in [1.807, 2.05) is 37.4 Å². The smallest absolute Gasteiger partial charge is 0.330 e. The molecule has 2 rings (SSSR count). The molecule has 1 fully saturated rings. The Morgan fingerprint density at radius 2 is 2.12 bits per heavy atom. The van der Waals surface area contributed by atoms with Crippen molar-refractivity contribution in [1.29, 1.82) is 0 Å². The fourth-order valence-corrected chi connectivity index (χ4v) is 2.40. The topological polar surface area (TPSA) is 52.6 Å². The number of hydrogen-bond donors (Lipinski definition) is 2. The van der Waals surface area contributed by atoms with Crippen LogP contribution in [0.3, 0.4) is 0 Å². The van der Waals surface area contributed by atoms with E-state index >= 15 is 0 Å². The number of nitrogens with one attached hydrogen (secondary N) is 1. The van der Waals surface area contributed by atoms with Gasteiger partial charge in [0.05, 0.1) is 0 Å². The summed E-state index contributed by atoms with van der Waals surface area (Å²) in [6.45, 7) is 2.58. The maximum atomic E-state index is 11.5. The molecule has 17 heavy (non-hydrogen) atoms. The molecule has 92 valence electrons. The highest BCUT2D eigenvalue weighted by Crippen LogP contribution is 2.29. The Balaban J connectivity index is 2.22. The van der Waals surface area contributed by atoms with Crippen molar-refractivity contribution in [2.75, 3.05) is 18.9 Å². The van der Waals surface area contributed by atoms with Gasteiger partial charge in [0.25, 0.3) is 0 Å². The van der Waals surface area contributed by atoms with Crippen LogP contribution in [-0.2, 0) is 4.79 Å². The summed E-state index contributed by atoms with van der Waals surface area (Å²) >= 11 is 0. The van der Waals surface area contributed by atoms with Crippen LogP contribution in [0.4, 0.5) is 5.69 Å². The monoisotopic (exact) mass is 234 g/mol. The molecule has 1 aliphatic rings. The van der Waals surface area contributed by atoms with Gasteiger partial charge in [-0.2, -0.15) is 0 Å². The number of carbonyl (C=O) groups is 1. The van der Waals surface area contributed by atoms with E-state index in [4.69, 9.17) is 0 Å². The van der Waals surface area contributed by atoms with E-state index in [0.29, 0.717) is 13.0 Å². The van der Waals surface area contributed by atoms with Gasteiger partial charge in [0.2, 0.25) is 0 Å². The standard InChI is InChI=1S/C13H18N2O2/c1-10-8-13(12(16)17,9-15(10)2)14-11-6-4-3-5-7-11/h3-7,10,14H,8-9H2,1-2H3,(H,16,17). The number of nitrogens with zero attached hydrogens (tertiary/aromatic N) is 1. The lowest BCUT2D eigenvalue weighted by Crippen LogP contribution is -2.48. The van der Waals surface area contributed by atoms with Crippen molar-refractivity contribution in [1.82, 2.24) is 4.90 Å². The normalized spacial score (nSPS) is 29.2. The van der Waals surface area contributed by atoms with Crippen LogP contribution in [0.1, 0.15) is 13.3 Å². The third-order valence-electron chi connectivity index (χ3n) is 3.48. The molecule has 0 amide bonds. The first-order chi connectivity index (χ1) is 8.03. The summed E-state index contributed by atoms with van der Waals surface area (Å²) in [5.74, 6) is -0.780. The number of likely N-dealkylation sites (N-methyl/N-ethyl adjacent to an activating group) is 1. The molecular weight excluding hydrogens is 216 g/mol. The molecule has 2 unspecified atom stereocenters. The van der Waals surface area contributed by atoms with Gasteiger partial charge in [-0.05, 0) is 32.5 Å². The maximum absolute atomic E-state index is 11.5. The summed E-state index contributed by atoms with van der Waals surface area (Å²) in [4.78, 5) is 13.6. The number of likely N-dealkylation sites (tertiary alicyclic amines) is 1. The first-order valence-electron chi connectivity index (χ1n) is 5.80. The fourth-order valence-electron chi connectivity index (χ4n) is 2.40. The molecule has 0 aromatic heterocycles. The predicted octanol–water partition coefficient (Wildman–Crippen LogP) is 1.65. The van der Waals surface area contributed by atoms with Crippen molar-refractivity contribution < 1.29 is 9.90 Å². The lowest BCUT2D eigenvalue weighted by Gasteiger charge is -2.26. The highest BCUT2D eigenvalue weighted by molar-refractivity contribution is 5.83. The third-order valence-corrected chi connectivity index (χ3v) is 3.48. The second-order valence-corrected chi connectivity index (χ2v) is 4.85. The fraction of sp³-hybridized carbons (Fsp3) is 0.462. The molecule has 0 spiro atoms. The molecule has 0 saturated carbocycles. The Bertz CT molecular complexity index is 395. The minimum absolute atomic E-state index is 0.280. The van der Waals surface area contributed by atoms with E-state index in [1.54, 1.807) is 0 Å². The van der Waals surface area contributed by atoms with Gasteiger partial charge in [-0.25, -0.2) is 4.79 Å². The molecule has 4 heteroatoms. The van der Waals surface area contributed by atoms with Gasteiger partial charge in [-0.15, -0.1) is 0 Å². The summed E-state index contributed by atoms with van der Waals surface area (Å²) in [6, 6.07) is 9.80. The molecule has 1 aromatic rings. The SMILES string of the molecule is CC1CC(Nc2ccccc2)(C(=O)O)CN1C. The minimum Gasteiger partial charge on any atom is -0.479 e. The maximum Gasteiger partial charge on any atom is 0.330 e. The molecule has 1 saturated heterocycles. The first kappa shape index (κ1) is 11.9. The van der Waals surface area contributed by atoms with Crippen LogP contribution in [0.15, 0.2) is 30.3 Å². The van der Waals surface area contributed by atoms with Crippen LogP contribution < -0.4 is 5.32 Å².